The van der Waals surface area contributed by atoms with Crippen LogP contribution in [0, 0.1) is 39.9 Å². The van der Waals surface area contributed by atoms with Crippen molar-refractivity contribution in [3.63, 3.8) is 0 Å². The summed E-state index contributed by atoms with van der Waals surface area (Å²) in [6.45, 7) is 35.4. The average Bonchev–Trinajstić information content (AvgIpc) is 1.62. The molecule has 590 valence electrons. The second-order valence-electron chi connectivity index (χ2n) is 29.2. The largest absolute Gasteiger partial charge is 0.463 e. The fraction of sp³-hybridized carbons (Fsp3) is 0.808. The molecule has 0 radical (unpaired) electrons. The Kier molecular flexibility index (Phi) is 39.1. The molecule has 6 saturated heterocycles. The first-order valence-corrected chi connectivity index (χ1v) is 36.2. The molecule has 30 heteroatoms. The van der Waals surface area contributed by atoms with Crippen molar-refractivity contribution in [1.82, 2.24) is 0 Å². The third-order valence-electron chi connectivity index (χ3n) is 19.2. The molecule has 0 spiro atoms. The Morgan fingerprint density at radius 2 is 1.05 bits per heavy atom. The highest BCUT2D eigenvalue weighted by Crippen LogP contribution is 2.45. The van der Waals surface area contributed by atoms with Crippen LogP contribution in [0.4, 0.5) is 0 Å². The number of aliphatic hydroxyl groups excluding tert-OH is 1. The van der Waals surface area contributed by atoms with Gasteiger partial charge in [-0.25, -0.2) is 9.59 Å². The lowest BCUT2D eigenvalue weighted by atomic mass is 9.85. The highest BCUT2D eigenvalue weighted by Gasteiger charge is 2.56. The molecule has 3 N–H and O–H groups in total. The normalized spacial score (nSPS) is 27.0. The first kappa shape index (κ1) is 94.0. The Morgan fingerprint density at radius 1 is 0.534 bits per heavy atom. The molecule has 8 rings (SSSR count). The predicted molar refractivity (Wildman–Crippen MR) is 367 cm³/mol. The van der Waals surface area contributed by atoms with Crippen molar-refractivity contribution in [3.05, 3.63) is 0 Å². The number of esters is 13. The summed E-state index contributed by atoms with van der Waals surface area (Å²) in [4.78, 5) is 158. The number of rotatable bonds is 21. The molecule has 6 heterocycles. The zero-order valence-corrected chi connectivity index (χ0v) is 64.7. The molecule has 2 saturated carbocycles. The molecule has 2 aliphatic carbocycles. The van der Waals surface area contributed by atoms with E-state index in [0.29, 0.717) is 58.0 Å². The van der Waals surface area contributed by atoms with Gasteiger partial charge in [-0.15, -0.1) is 11.6 Å². The molecule has 14 unspecified atom stereocenters. The maximum absolute atomic E-state index is 12.1. The lowest BCUT2D eigenvalue weighted by Crippen LogP contribution is -2.42. The van der Waals surface area contributed by atoms with Crippen molar-refractivity contribution >= 4 is 95.0 Å². The number of Topliss-reactive ketones (excluding diaryl/α,β-unsaturated/α-hetero) is 1. The van der Waals surface area contributed by atoms with Crippen LogP contribution in [0.25, 0.3) is 0 Å². The molecule has 6 aliphatic heterocycles. The maximum Gasteiger partial charge on any atom is 0.350 e. The lowest BCUT2D eigenvalue weighted by molar-refractivity contribution is -0.215. The third-order valence-corrected chi connectivity index (χ3v) is 19.7. The molecule has 0 bridgehead atoms. The van der Waals surface area contributed by atoms with Crippen molar-refractivity contribution in [2.75, 3.05) is 26.4 Å². The minimum absolute atomic E-state index is 0. The molecule has 0 amide bonds. The minimum atomic E-state index is -1.16. The molecular formula is C73H117ClO29. The van der Waals surface area contributed by atoms with Gasteiger partial charge in [0.1, 0.15) is 49.5 Å². The van der Waals surface area contributed by atoms with E-state index in [0.717, 1.165) is 57.8 Å². The molecule has 103 heavy (non-hydrogen) atoms. The molecular weight excluding hydrogens is 1380 g/mol. The summed E-state index contributed by atoms with van der Waals surface area (Å²) in [5.74, 6) is -5.88. The Balaban J connectivity index is 0.000000601. The van der Waals surface area contributed by atoms with Gasteiger partial charge in [0.2, 0.25) is 12.2 Å². The van der Waals surface area contributed by atoms with Crippen LogP contribution in [0.2, 0.25) is 0 Å². The Morgan fingerprint density at radius 3 is 1.50 bits per heavy atom. The van der Waals surface area contributed by atoms with Crippen molar-refractivity contribution in [3.8, 4) is 0 Å². The summed E-state index contributed by atoms with van der Waals surface area (Å²) >= 11 is 5.67. The number of carbonyl (C=O) groups excluding carboxylic acids is 14. The quantitative estimate of drug-likeness (QED) is 0.0635. The number of ether oxygens (including phenoxy) is 13. The molecule has 0 aromatic rings. The number of alkyl halides is 1. The second kappa shape index (κ2) is 42.8. The minimum Gasteiger partial charge on any atom is -0.463 e. The van der Waals surface area contributed by atoms with Gasteiger partial charge < -0.3 is 72.2 Å². The van der Waals surface area contributed by atoms with E-state index in [1.165, 1.54) is 0 Å². The number of hydrogen-bond donors (Lipinski definition) is 1. The highest BCUT2D eigenvalue weighted by atomic mass is 35.5. The zero-order chi connectivity index (χ0) is 77.9. The van der Waals surface area contributed by atoms with E-state index >= 15 is 0 Å². The molecule has 14 atom stereocenters. The smallest absolute Gasteiger partial charge is 0.350 e. The number of cyclic esters (lactones) is 5. The fourth-order valence-electron chi connectivity index (χ4n) is 9.58. The highest BCUT2D eigenvalue weighted by molar-refractivity contribution is 6.31. The van der Waals surface area contributed by atoms with Gasteiger partial charge >= 0.3 is 77.6 Å². The van der Waals surface area contributed by atoms with Crippen LogP contribution in [0.1, 0.15) is 254 Å². The fourth-order valence-corrected chi connectivity index (χ4v) is 9.77. The van der Waals surface area contributed by atoms with Crippen LogP contribution in [0.5, 0.6) is 0 Å². The van der Waals surface area contributed by atoms with Gasteiger partial charge in [0, 0.05) is 32.6 Å². The van der Waals surface area contributed by atoms with Gasteiger partial charge in [-0.05, 0) is 126 Å². The Bertz CT molecular complexity index is 2890. The number of aliphatic hydroxyl groups is 1. The number of ketones is 1. The first-order valence-electron chi connectivity index (χ1n) is 35.8. The predicted octanol–water partition coefficient (Wildman–Crippen LogP) is 9.02. The van der Waals surface area contributed by atoms with E-state index < -0.39 is 86.9 Å². The van der Waals surface area contributed by atoms with E-state index in [2.05, 4.69) is 18.9 Å². The van der Waals surface area contributed by atoms with Gasteiger partial charge in [0.15, 0.2) is 17.1 Å². The number of fused-ring (bicyclic) bond motifs is 1. The summed E-state index contributed by atoms with van der Waals surface area (Å²) in [7, 11) is 0. The van der Waals surface area contributed by atoms with Crippen molar-refractivity contribution in [2.24, 2.45) is 39.9 Å². The maximum atomic E-state index is 12.1. The van der Waals surface area contributed by atoms with Gasteiger partial charge in [0.25, 0.3) is 5.79 Å². The van der Waals surface area contributed by atoms with Crippen LogP contribution in [0.15, 0.2) is 0 Å². The van der Waals surface area contributed by atoms with Crippen LogP contribution in [0.3, 0.4) is 0 Å². The van der Waals surface area contributed by atoms with Crippen molar-refractivity contribution < 1.29 is 139 Å². The summed E-state index contributed by atoms with van der Waals surface area (Å²) in [5.41, 5.74) is -2.88. The van der Waals surface area contributed by atoms with Crippen molar-refractivity contribution in [2.45, 2.75) is 313 Å². The lowest BCUT2D eigenvalue weighted by Gasteiger charge is -2.33. The third kappa shape index (κ3) is 30.2. The Labute approximate surface area is 610 Å². The standard InChI is InChI=1S/C13H20O4.C12H20O3.C11H18O4.C10H16O5.C9H13ClO4.2C9H14O4.H2O/c1-4-12(2,3)11(15)17-13-7-5-6-9(13)16-10(14)8-13;1-4-9(2)11(14)15-12(3)7-5-6-10(13)8-12;1-5-10(2,3)9(13)15-11(4)7-6-8(12)14-11;1-4-10(2,3)9(13)15-7-6(11)5-14-8(7)12;1-3-5(2)8(11)14-6-4-13-9(12)7(6)10;1-3-6(2)9(11)13-7-4-8(10)12-5-7;1-3-6(2)8(10)13-7-4-5-12-9(7)11;/h9H,4-8H2,1-3H3;9H,4-8H2,1-3H3;5-7H2,1-4H3;6-7,11H,4-5H2,1-3H3;5-7H,3-4H2,1-2H3;2*6-7H,3-5H2,1-2H3;1H2. The SMILES string of the molecule is CCC(C)(C)C(=O)OC1(C)CCC(=O)O1.CCC(C)(C)C(=O)OC12CCCC1OC(=O)C2.CCC(C)(C)C(=O)OC1C(=O)OCC1O.CCC(C)C(=O)OC1(C)CCCC(=O)C1.CCC(C)C(=O)OC1CCOC1=O.CCC(C)C(=O)OC1COC(=O)C1.CCC(C)C(=O)OC1COC(=O)C1Cl.O. The van der Waals surface area contributed by atoms with E-state index in [1.54, 1.807) is 41.5 Å². The molecule has 8 aliphatic rings. The van der Waals surface area contributed by atoms with Gasteiger partial charge in [-0.1, -0.05) is 76.2 Å². The van der Waals surface area contributed by atoms with E-state index in [1.807, 2.05) is 90.0 Å². The van der Waals surface area contributed by atoms with E-state index in [9.17, 15) is 72.2 Å². The molecule has 0 aromatic carbocycles. The Hall–Kier alpha value is -7.01. The summed E-state index contributed by atoms with van der Waals surface area (Å²) in [6, 6.07) is 0. The van der Waals surface area contributed by atoms with Crippen LogP contribution < -0.4 is 0 Å². The van der Waals surface area contributed by atoms with Gasteiger partial charge in [-0.2, -0.15) is 0 Å². The molecule has 0 aromatic heterocycles. The summed E-state index contributed by atoms with van der Waals surface area (Å²) in [6.07, 6.45) is 7.72. The average molecular weight is 1490 g/mol. The summed E-state index contributed by atoms with van der Waals surface area (Å²) in [5, 5.41) is 8.47. The number of carbonyl (C=O) groups is 14. The van der Waals surface area contributed by atoms with Crippen LogP contribution >= 0.6 is 11.6 Å². The monoisotopic (exact) mass is 1490 g/mol. The van der Waals surface area contributed by atoms with E-state index in [4.69, 9.17) is 54.2 Å². The van der Waals surface area contributed by atoms with Crippen LogP contribution in [-0.2, 0) is 129 Å². The van der Waals surface area contributed by atoms with E-state index in [-0.39, 0.29) is 134 Å². The number of halogens is 1. The first-order chi connectivity index (χ1) is 47.4. The molecule has 8 fully saturated rings. The second-order valence-corrected chi connectivity index (χ2v) is 29.7. The van der Waals surface area contributed by atoms with Gasteiger partial charge in [0.05, 0.1) is 65.8 Å². The topological polar surface area (TPSA) is 411 Å². The summed E-state index contributed by atoms with van der Waals surface area (Å²) < 4.78 is 65.0. The molecule has 29 nitrogen and oxygen atoms in total. The number of hydrogen-bond acceptors (Lipinski definition) is 28. The van der Waals surface area contributed by atoms with Crippen LogP contribution in [-0.4, -0.2) is 179 Å². The van der Waals surface area contributed by atoms with Crippen molar-refractivity contribution in [1.29, 1.82) is 0 Å². The van der Waals surface area contributed by atoms with Gasteiger partial charge in [-0.3, -0.25) is 57.5 Å². The zero-order valence-electron chi connectivity index (χ0n) is 64.0.